The van der Waals surface area contributed by atoms with E-state index in [0.29, 0.717) is 32.1 Å². The van der Waals surface area contributed by atoms with Gasteiger partial charge in [0.15, 0.2) is 8.46 Å². The maximum atomic E-state index is 11.7. The second kappa shape index (κ2) is 10.6. The van der Waals surface area contributed by atoms with E-state index in [2.05, 4.69) is 53.4 Å². The molecule has 0 aromatic carbocycles. The average molecular weight is 378 g/mol. The molecule has 4 heteroatoms. The summed E-state index contributed by atoms with van der Waals surface area (Å²) in [6.45, 7) is 6.28. The summed E-state index contributed by atoms with van der Waals surface area (Å²) in [7, 11) is 2.70. The van der Waals surface area contributed by atoms with Crippen molar-refractivity contribution in [2.45, 2.75) is 71.1 Å². The van der Waals surface area contributed by atoms with Crippen LogP contribution in [-0.2, 0) is 9.09 Å². The summed E-state index contributed by atoms with van der Waals surface area (Å²) in [5.74, 6) is 8.22. The second-order valence-electron chi connectivity index (χ2n) is 7.56. The molecule has 2 aliphatic rings. The number of hydrogen-bond acceptors (Lipinski definition) is 2. The van der Waals surface area contributed by atoms with Gasteiger partial charge in [0.2, 0.25) is 0 Å². The molecule has 2 fully saturated rings. The summed E-state index contributed by atoms with van der Waals surface area (Å²) >= 11 is 0. The van der Waals surface area contributed by atoms with E-state index in [9.17, 15) is 4.57 Å². The van der Waals surface area contributed by atoms with Crippen LogP contribution in [0.4, 0.5) is 0 Å². The Kier molecular flexibility index (Phi) is 8.85. The van der Waals surface area contributed by atoms with Crippen molar-refractivity contribution in [2.24, 2.45) is 23.7 Å². The van der Waals surface area contributed by atoms with Gasteiger partial charge in [-0.25, -0.2) is 0 Å². The fraction of sp³-hybridized carbons (Fsp3) is 0.714. The predicted molar refractivity (Wildman–Crippen MR) is 110 cm³/mol. The highest BCUT2D eigenvalue weighted by atomic mass is 31.1. The van der Waals surface area contributed by atoms with Gasteiger partial charge in [-0.2, -0.15) is 0 Å². The number of unbranched alkanes of at least 4 members (excludes halogenated alkanes) is 1. The van der Waals surface area contributed by atoms with Crippen LogP contribution < -0.4 is 0 Å². The molecule has 0 bridgehead atoms. The van der Waals surface area contributed by atoms with Gasteiger partial charge in [0.1, 0.15) is 0 Å². The smallest absolute Gasteiger partial charge is 0.159 e. The molecule has 0 N–H and O–H groups in total. The molecule has 0 saturated heterocycles. The number of allylic oxidation sites excluding steroid dienone is 3. The molecule has 2 unspecified atom stereocenters. The van der Waals surface area contributed by atoms with Crippen LogP contribution in [0.25, 0.3) is 0 Å². The summed E-state index contributed by atoms with van der Waals surface area (Å²) in [4.78, 5) is 0. The molecule has 2 nitrogen and oxygen atoms in total. The van der Waals surface area contributed by atoms with E-state index in [-0.39, 0.29) is 11.8 Å². The number of fused-ring (bicyclic) bond motifs is 1. The van der Waals surface area contributed by atoms with Crippen molar-refractivity contribution in [1.29, 1.82) is 0 Å². The Balaban J connectivity index is 2.06. The van der Waals surface area contributed by atoms with Gasteiger partial charge in [0, 0.05) is 21.5 Å². The van der Waals surface area contributed by atoms with E-state index in [1.54, 1.807) is 5.57 Å². The zero-order chi connectivity index (χ0) is 18.2. The van der Waals surface area contributed by atoms with Crippen LogP contribution in [0.5, 0.6) is 0 Å². The van der Waals surface area contributed by atoms with Gasteiger partial charge in [0.25, 0.3) is 0 Å². The van der Waals surface area contributed by atoms with Crippen molar-refractivity contribution in [3.63, 3.8) is 0 Å². The summed E-state index contributed by atoms with van der Waals surface area (Å²) in [5.41, 5.74) is 1.90. The molecule has 2 saturated carbocycles. The second-order valence-corrected chi connectivity index (χ2v) is 8.71. The van der Waals surface area contributed by atoms with Gasteiger partial charge in [-0.15, -0.1) is 11.8 Å². The highest BCUT2D eigenvalue weighted by Crippen LogP contribution is 2.53. The third kappa shape index (κ3) is 5.50. The standard InChI is InChI=1S/C21H32O2P2/c1-4-6-8-15(3)20(23-24)11-10-18-19-13-16(9-7-5-2)12-17(19)14-21(18)25-22/h9-11,15,17-21H,5,7-8,12-14,24H2,1-3H3/b11-10+,16-9+/t15?,17-,18+,19-,20+,21+/m0/s1. The molecule has 0 aliphatic heterocycles. The molecule has 0 aromatic rings. The number of hydrogen-bond donors (Lipinski definition) is 0. The van der Waals surface area contributed by atoms with Crippen molar-refractivity contribution in [3.05, 3.63) is 23.8 Å². The van der Waals surface area contributed by atoms with Gasteiger partial charge >= 0.3 is 0 Å². The summed E-state index contributed by atoms with van der Waals surface area (Å²) < 4.78 is 17.3. The third-order valence-corrected chi connectivity index (χ3v) is 6.95. The number of rotatable bonds is 8. The lowest BCUT2D eigenvalue weighted by molar-refractivity contribution is 0.222. The maximum absolute atomic E-state index is 11.7. The molecular weight excluding hydrogens is 346 g/mol. The minimum atomic E-state index is 0.0466. The molecule has 7 atom stereocenters. The molecule has 25 heavy (non-hydrogen) atoms. The lowest BCUT2D eigenvalue weighted by atomic mass is 9.90. The largest absolute Gasteiger partial charge is 0.358 e. The fourth-order valence-corrected chi connectivity index (χ4v) is 5.56. The van der Waals surface area contributed by atoms with E-state index in [0.717, 1.165) is 12.8 Å². The molecule has 0 amide bonds. The maximum Gasteiger partial charge on any atom is 0.159 e. The molecular formula is C21H32O2P2. The van der Waals surface area contributed by atoms with Crippen molar-refractivity contribution >= 4 is 17.9 Å². The zero-order valence-electron chi connectivity index (χ0n) is 15.8. The lowest BCUT2D eigenvalue weighted by Gasteiger charge is -2.20. The zero-order valence-corrected chi connectivity index (χ0v) is 17.8. The Bertz CT molecular complexity index is 558. The van der Waals surface area contributed by atoms with Gasteiger partial charge < -0.3 is 4.52 Å². The van der Waals surface area contributed by atoms with E-state index < -0.39 is 0 Å². The summed E-state index contributed by atoms with van der Waals surface area (Å²) in [6, 6.07) is 0. The first kappa shape index (κ1) is 20.8. The first-order chi connectivity index (χ1) is 12.1. The lowest BCUT2D eigenvalue weighted by Crippen LogP contribution is -2.18. The molecule has 2 aliphatic carbocycles. The molecule has 0 spiro atoms. The van der Waals surface area contributed by atoms with E-state index in [1.165, 1.54) is 25.7 Å². The van der Waals surface area contributed by atoms with Gasteiger partial charge in [-0.05, 0) is 56.3 Å². The Morgan fingerprint density at radius 2 is 2.24 bits per heavy atom. The summed E-state index contributed by atoms with van der Waals surface area (Å²) in [5, 5.41) is 0. The molecule has 0 heterocycles. The monoisotopic (exact) mass is 378 g/mol. The Morgan fingerprint density at radius 1 is 1.44 bits per heavy atom. The van der Waals surface area contributed by atoms with Crippen molar-refractivity contribution in [2.75, 3.05) is 0 Å². The highest BCUT2D eigenvalue weighted by Gasteiger charge is 2.46. The van der Waals surface area contributed by atoms with Crippen LogP contribution in [0.2, 0.25) is 0 Å². The van der Waals surface area contributed by atoms with Gasteiger partial charge in [-0.3, -0.25) is 4.57 Å². The van der Waals surface area contributed by atoms with Crippen molar-refractivity contribution < 1.29 is 9.09 Å². The highest BCUT2D eigenvalue weighted by molar-refractivity contribution is 7.24. The van der Waals surface area contributed by atoms with Crippen LogP contribution in [0, 0.1) is 35.5 Å². The van der Waals surface area contributed by atoms with E-state index >= 15 is 0 Å². The average Bonchev–Trinajstić information content (AvgIpc) is 3.16. The Morgan fingerprint density at radius 3 is 2.88 bits per heavy atom. The van der Waals surface area contributed by atoms with Gasteiger partial charge in [-0.1, -0.05) is 44.1 Å². The van der Waals surface area contributed by atoms with Crippen molar-refractivity contribution in [1.82, 2.24) is 0 Å². The topological polar surface area (TPSA) is 26.3 Å². The normalized spacial score (nSPS) is 32.7. The Hall–Kier alpha value is -0.470. The summed E-state index contributed by atoms with van der Waals surface area (Å²) in [6.07, 6.45) is 13.7. The molecule has 2 rings (SSSR count). The van der Waals surface area contributed by atoms with Crippen LogP contribution in [-0.4, -0.2) is 11.8 Å². The first-order valence-electron chi connectivity index (χ1n) is 9.58. The Labute approximate surface area is 157 Å². The fourth-order valence-electron chi connectivity index (χ4n) is 4.39. The van der Waals surface area contributed by atoms with Crippen LogP contribution in [0.1, 0.15) is 59.3 Å². The van der Waals surface area contributed by atoms with Gasteiger partial charge in [0.05, 0.1) is 6.10 Å². The van der Waals surface area contributed by atoms with E-state index in [4.69, 9.17) is 4.52 Å². The SMILES string of the molecule is CC#CCC(C)[C@@H](/C=C/[C@@H]1[C@H]2C/C(=C/CCC)C[C@H]2C[C@H]1P=O)OP. The minimum Gasteiger partial charge on any atom is -0.358 e. The third-order valence-electron chi connectivity index (χ3n) is 5.81. The quantitative estimate of drug-likeness (QED) is 0.285. The molecule has 0 aromatic heterocycles. The molecule has 138 valence electrons. The van der Waals surface area contributed by atoms with Crippen LogP contribution in [0.15, 0.2) is 23.8 Å². The molecule has 0 radical (unpaired) electrons. The van der Waals surface area contributed by atoms with Crippen LogP contribution >= 0.6 is 17.9 Å². The first-order valence-corrected chi connectivity index (χ1v) is 10.9. The predicted octanol–water partition coefficient (Wildman–Crippen LogP) is 6.20. The minimum absolute atomic E-state index is 0.0466. The van der Waals surface area contributed by atoms with E-state index in [1.807, 2.05) is 6.92 Å². The van der Waals surface area contributed by atoms with Crippen LogP contribution in [0.3, 0.4) is 0 Å². The van der Waals surface area contributed by atoms with Crippen molar-refractivity contribution in [3.8, 4) is 11.8 Å².